The summed E-state index contributed by atoms with van der Waals surface area (Å²) in [5, 5.41) is 12.8. The molecule has 10 heteroatoms. The van der Waals surface area contributed by atoms with Crippen molar-refractivity contribution >= 4 is 29.3 Å². The van der Waals surface area contributed by atoms with Crippen molar-refractivity contribution in [1.29, 1.82) is 5.26 Å². The summed E-state index contributed by atoms with van der Waals surface area (Å²) < 4.78 is 11.8. The molecule has 3 fully saturated rings. The Kier molecular flexibility index (Phi) is 8.56. The molecule has 44 heavy (non-hydrogen) atoms. The van der Waals surface area contributed by atoms with E-state index in [1.54, 1.807) is 23.1 Å². The van der Waals surface area contributed by atoms with Gasteiger partial charge in [0.2, 0.25) is 0 Å². The van der Waals surface area contributed by atoms with Crippen molar-refractivity contribution in [3.8, 4) is 11.8 Å². The van der Waals surface area contributed by atoms with Gasteiger partial charge >= 0.3 is 6.09 Å². The Labute approximate surface area is 266 Å². The first kappa shape index (κ1) is 31.9. The Balaban J connectivity index is 1.11. The molecule has 2 aromatic rings. The molecular formula is C34H44ClN5O4. The number of benzene rings is 2. The fourth-order valence-corrected chi connectivity index (χ4v) is 7.35. The summed E-state index contributed by atoms with van der Waals surface area (Å²) in [5.41, 5.74) is 0.998. The van der Waals surface area contributed by atoms with Crippen LogP contribution in [0.4, 0.5) is 10.5 Å². The zero-order valence-corrected chi connectivity index (χ0v) is 27.6. The van der Waals surface area contributed by atoms with E-state index in [1.807, 2.05) is 45.0 Å². The highest BCUT2D eigenvalue weighted by molar-refractivity contribution is 6.31. The Morgan fingerprint density at radius 3 is 2.14 bits per heavy atom. The first-order valence-electron chi connectivity index (χ1n) is 15.3. The predicted molar refractivity (Wildman–Crippen MR) is 171 cm³/mol. The molecule has 0 radical (unpaired) electrons. The highest BCUT2D eigenvalue weighted by Crippen LogP contribution is 2.55. The summed E-state index contributed by atoms with van der Waals surface area (Å²) in [4.78, 5) is 32.2. The number of nitriles is 1. The second-order valence-corrected chi connectivity index (χ2v) is 14.8. The van der Waals surface area contributed by atoms with E-state index < -0.39 is 5.60 Å². The fourth-order valence-electron chi connectivity index (χ4n) is 7.14. The fraction of sp³-hybridized carbons (Fsp3) is 0.559. The van der Waals surface area contributed by atoms with Crippen LogP contribution in [0.25, 0.3) is 0 Å². The van der Waals surface area contributed by atoms with Gasteiger partial charge in [0.15, 0.2) is 0 Å². The number of rotatable bonds is 6. The van der Waals surface area contributed by atoms with Crippen LogP contribution in [-0.4, -0.2) is 84.9 Å². The second-order valence-electron chi connectivity index (χ2n) is 14.4. The molecule has 236 valence electrons. The predicted octanol–water partition coefficient (Wildman–Crippen LogP) is 5.56. The summed E-state index contributed by atoms with van der Waals surface area (Å²) in [7, 11) is 0. The van der Waals surface area contributed by atoms with Crippen LogP contribution in [0.5, 0.6) is 5.75 Å². The normalized spacial score (nSPS) is 23.2. The molecule has 2 amide bonds. The van der Waals surface area contributed by atoms with E-state index in [1.165, 1.54) is 0 Å². The van der Waals surface area contributed by atoms with Crippen LogP contribution in [0.15, 0.2) is 42.5 Å². The highest BCUT2D eigenvalue weighted by Gasteiger charge is 2.64. The van der Waals surface area contributed by atoms with Gasteiger partial charge in [-0.2, -0.15) is 5.26 Å². The van der Waals surface area contributed by atoms with E-state index >= 15 is 0 Å². The van der Waals surface area contributed by atoms with Crippen molar-refractivity contribution in [2.24, 2.45) is 10.8 Å². The van der Waals surface area contributed by atoms with Gasteiger partial charge in [-0.15, -0.1) is 0 Å². The number of ether oxygens (including phenoxy) is 2. The number of hydrogen-bond acceptors (Lipinski definition) is 7. The molecule has 1 saturated carbocycles. The van der Waals surface area contributed by atoms with Gasteiger partial charge in [0.1, 0.15) is 23.5 Å². The molecule has 2 aliphatic heterocycles. The van der Waals surface area contributed by atoms with E-state index in [2.05, 4.69) is 48.9 Å². The Morgan fingerprint density at radius 2 is 1.59 bits per heavy atom. The number of nitrogens with zero attached hydrogens (tertiary/aromatic N) is 4. The van der Waals surface area contributed by atoms with Gasteiger partial charge in [0, 0.05) is 79.5 Å². The molecule has 5 rings (SSSR count). The van der Waals surface area contributed by atoms with Crippen molar-refractivity contribution in [1.82, 2.24) is 15.1 Å². The third-order valence-electron chi connectivity index (χ3n) is 9.27. The standard InChI is InChI=1S/C34H44ClN5O4/c1-32(2,3)44-31(42)40-20-25(21-40)39-16-14-38(15-17-39)24-11-8-22(9-12-24)28(41)37-29-33(4,5)30(34(29,6)7)43-26-13-10-23(19-36)27(35)18-26/h8-13,18,25,29-30H,14-17,20-21H2,1-7H3,(H,37,41)/t29-,30-. The molecule has 2 saturated heterocycles. The van der Waals surface area contributed by atoms with E-state index in [0.717, 1.165) is 31.9 Å². The molecule has 0 atom stereocenters. The molecule has 0 bridgehead atoms. The van der Waals surface area contributed by atoms with E-state index in [0.29, 0.717) is 41.0 Å². The van der Waals surface area contributed by atoms with Gasteiger partial charge < -0.3 is 24.6 Å². The maximum Gasteiger partial charge on any atom is 0.410 e. The Bertz CT molecular complexity index is 1420. The lowest BCUT2D eigenvalue weighted by molar-refractivity contribution is -0.164. The maximum atomic E-state index is 13.3. The quantitative estimate of drug-likeness (QED) is 0.451. The summed E-state index contributed by atoms with van der Waals surface area (Å²) in [5.74, 6) is 0.503. The van der Waals surface area contributed by atoms with Gasteiger partial charge in [0.05, 0.1) is 10.6 Å². The molecule has 1 N–H and O–H groups in total. The summed E-state index contributed by atoms with van der Waals surface area (Å²) >= 11 is 6.22. The summed E-state index contributed by atoms with van der Waals surface area (Å²) in [6.45, 7) is 19.1. The van der Waals surface area contributed by atoms with Crippen LogP contribution in [0.1, 0.15) is 64.4 Å². The Morgan fingerprint density at radius 1 is 0.977 bits per heavy atom. The summed E-state index contributed by atoms with van der Waals surface area (Å²) in [6.07, 6.45) is -0.395. The summed E-state index contributed by atoms with van der Waals surface area (Å²) in [6, 6.07) is 15.3. The van der Waals surface area contributed by atoms with Gasteiger partial charge in [-0.1, -0.05) is 39.3 Å². The molecule has 1 aliphatic carbocycles. The van der Waals surface area contributed by atoms with Crippen LogP contribution in [0, 0.1) is 22.2 Å². The first-order valence-corrected chi connectivity index (χ1v) is 15.7. The van der Waals surface area contributed by atoms with Crippen molar-refractivity contribution in [2.75, 3.05) is 44.2 Å². The molecular weight excluding hydrogens is 578 g/mol. The molecule has 2 heterocycles. The molecule has 2 aromatic carbocycles. The lowest BCUT2D eigenvalue weighted by Crippen LogP contribution is -2.74. The van der Waals surface area contributed by atoms with Crippen LogP contribution < -0.4 is 15.0 Å². The number of piperazine rings is 1. The zero-order valence-electron chi connectivity index (χ0n) is 26.8. The highest BCUT2D eigenvalue weighted by atomic mass is 35.5. The smallest absolute Gasteiger partial charge is 0.410 e. The van der Waals surface area contributed by atoms with Crippen LogP contribution in [0.3, 0.4) is 0 Å². The minimum Gasteiger partial charge on any atom is -0.489 e. The third-order valence-corrected chi connectivity index (χ3v) is 9.58. The number of halogens is 1. The van der Waals surface area contributed by atoms with Crippen molar-refractivity contribution in [2.45, 2.75) is 72.3 Å². The number of amides is 2. The van der Waals surface area contributed by atoms with Gasteiger partial charge in [-0.3, -0.25) is 9.69 Å². The van der Waals surface area contributed by atoms with Gasteiger partial charge in [-0.25, -0.2) is 4.79 Å². The van der Waals surface area contributed by atoms with Crippen LogP contribution in [-0.2, 0) is 4.74 Å². The molecule has 0 unspecified atom stereocenters. The second kappa shape index (κ2) is 11.8. The molecule has 9 nitrogen and oxygen atoms in total. The number of nitrogens with one attached hydrogen (secondary N) is 1. The monoisotopic (exact) mass is 621 g/mol. The maximum absolute atomic E-state index is 13.3. The van der Waals surface area contributed by atoms with Crippen molar-refractivity contribution < 1.29 is 19.1 Å². The number of carbonyl (C=O) groups excluding carboxylic acids is 2. The van der Waals surface area contributed by atoms with E-state index in [-0.39, 0.29) is 35.0 Å². The molecule has 0 spiro atoms. The van der Waals surface area contributed by atoms with Crippen molar-refractivity contribution in [3.63, 3.8) is 0 Å². The number of hydrogen-bond donors (Lipinski definition) is 1. The Hall–Kier alpha value is -3.48. The van der Waals surface area contributed by atoms with Gasteiger partial charge in [0.25, 0.3) is 5.91 Å². The number of carbonyl (C=O) groups is 2. The minimum absolute atomic E-state index is 0.105. The third kappa shape index (κ3) is 6.33. The largest absolute Gasteiger partial charge is 0.489 e. The minimum atomic E-state index is -0.476. The lowest BCUT2D eigenvalue weighted by Gasteiger charge is -2.63. The zero-order chi connectivity index (χ0) is 32.0. The number of likely N-dealkylation sites (tertiary alicyclic amines) is 1. The average Bonchev–Trinajstić information content (AvgIpc) is 2.93. The van der Waals surface area contributed by atoms with Crippen LogP contribution >= 0.6 is 11.6 Å². The first-order chi connectivity index (χ1) is 20.6. The van der Waals surface area contributed by atoms with Crippen LogP contribution in [0.2, 0.25) is 5.02 Å². The SMILES string of the molecule is CC(C)(C)OC(=O)N1CC(N2CCN(c3ccc(C(=O)N[C@H]4C(C)(C)[C@H](Oc5ccc(C#N)c(Cl)c5)C4(C)C)cc3)CC2)C1. The molecule has 0 aromatic heterocycles. The topological polar surface area (TPSA) is 98.1 Å². The lowest BCUT2D eigenvalue weighted by atomic mass is 9.49. The van der Waals surface area contributed by atoms with E-state index in [4.69, 9.17) is 26.3 Å². The van der Waals surface area contributed by atoms with Crippen molar-refractivity contribution in [3.05, 3.63) is 58.6 Å². The average molecular weight is 622 g/mol. The molecule has 3 aliphatic rings. The van der Waals surface area contributed by atoms with E-state index in [9.17, 15) is 9.59 Å². The number of anilines is 1. The van der Waals surface area contributed by atoms with Gasteiger partial charge in [-0.05, 0) is 57.2 Å².